The van der Waals surface area contributed by atoms with Gasteiger partial charge in [0.15, 0.2) is 0 Å². The predicted octanol–water partition coefficient (Wildman–Crippen LogP) is 5.19. The summed E-state index contributed by atoms with van der Waals surface area (Å²) in [4.78, 5) is 0. The molecule has 0 spiro atoms. The van der Waals surface area contributed by atoms with Crippen molar-refractivity contribution < 1.29 is 4.74 Å². The number of fused-ring (bicyclic) bond motifs is 12. The van der Waals surface area contributed by atoms with Crippen molar-refractivity contribution in [2.45, 2.75) is 58.0 Å². The molecule has 5 fully saturated rings. The van der Waals surface area contributed by atoms with Gasteiger partial charge in [0.05, 0.1) is 0 Å². The van der Waals surface area contributed by atoms with Crippen LogP contribution < -0.4 is 0 Å². The Morgan fingerprint density at radius 2 is 1.73 bits per heavy atom. The molecule has 0 aromatic carbocycles. The molecular formula is C21H30O. The Morgan fingerprint density at radius 3 is 2.32 bits per heavy atom. The van der Waals surface area contributed by atoms with Crippen LogP contribution in [0.15, 0.2) is 24.5 Å². The first-order valence-corrected chi connectivity index (χ1v) is 9.59. The average molecular weight is 298 g/mol. The smallest absolute Gasteiger partial charge is 0.115 e. The Bertz CT molecular complexity index is 548. The SMILES string of the molecule is C=C(C)C(=C)OC1(CC)CC2CC1C1C3CC(C4CCC43)C21. The van der Waals surface area contributed by atoms with E-state index in [1.54, 1.807) is 12.8 Å². The average Bonchev–Trinajstić information content (AvgIpc) is 3.13. The fraction of sp³-hybridized carbons (Fsp3) is 0.810. The molecule has 4 bridgehead atoms. The number of ether oxygens (including phenoxy) is 1. The summed E-state index contributed by atoms with van der Waals surface area (Å²) in [5.74, 6) is 9.04. The summed E-state index contributed by atoms with van der Waals surface area (Å²) in [6, 6.07) is 0. The van der Waals surface area contributed by atoms with Crippen LogP contribution in [-0.2, 0) is 4.74 Å². The van der Waals surface area contributed by atoms with Gasteiger partial charge in [-0.05, 0) is 92.4 Å². The van der Waals surface area contributed by atoms with E-state index < -0.39 is 0 Å². The van der Waals surface area contributed by atoms with Gasteiger partial charge in [-0.2, -0.15) is 0 Å². The van der Waals surface area contributed by atoms with Gasteiger partial charge in [0.25, 0.3) is 0 Å². The zero-order chi connectivity index (χ0) is 15.2. The molecule has 0 aliphatic heterocycles. The normalized spacial score (nSPS) is 56.5. The van der Waals surface area contributed by atoms with Crippen LogP contribution in [0.3, 0.4) is 0 Å². The van der Waals surface area contributed by atoms with Gasteiger partial charge in [-0.25, -0.2) is 0 Å². The lowest BCUT2D eigenvalue weighted by Crippen LogP contribution is -2.50. The van der Waals surface area contributed by atoms with E-state index in [1.165, 1.54) is 19.3 Å². The third-order valence-electron chi connectivity index (χ3n) is 8.71. The fourth-order valence-electron chi connectivity index (χ4n) is 7.91. The Morgan fingerprint density at radius 1 is 1.05 bits per heavy atom. The summed E-state index contributed by atoms with van der Waals surface area (Å²) in [5.41, 5.74) is 1.09. The van der Waals surface area contributed by atoms with Crippen molar-refractivity contribution in [2.24, 2.45) is 47.3 Å². The van der Waals surface area contributed by atoms with Crippen LogP contribution in [0.5, 0.6) is 0 Å². The Hall–Kier alpha value is -0.720. The fourth-order valence-corrected chi connectivity index (χ4v) is 7.91. The predicted molar refractivity (Wildman–Crippen MR) is 89.1 cm³/mol. The number of allylic oxidation sites excluding steroid dienone is 1. The topological polar surface area (TPSA) is 9.23 Å². The van der Waals surface area contributed by atoms with Gasteiger partial charge < -0.3 is 4.74 Å². The van der Waals surface area contributed by atoms with Gasteiger partial charge in [0, 0.05) is 5.92 Å². The molecule has 5 rings (SSSR count). The quantitative estimate of drug-likeness (QED) is 0.394. The van der Waals surface area contributed by atoms with Crippen LogP contribution in [0.1, 0.15) is 52.4 Å². The molecule has 0 radical (unpaired) electrons. The van der Waals surface area contributed by atoms with E-state index in [2.05, 4.69) is 20.1 Å². The van der Waals surface area contributed by atoms with Crippen molar-refractivity contribution in [3.63, 3.8) is 0 Å². The first kappa shape index (κ1) is 13.7. The minimum absolute atomic E-state index is 0.0889. The van der Waals surface area contributed by atoms with E-state index in [1.807, 2.05) is 6.92 Å². The second-order valence-electron chi connectivity index (χ2n) is 9.15. The molecule has 5 aliphatic carbocycles. The molecule has 0 saturated heterocycles. The van der Waals surface area contributed by atoms with Crippen LogP contribution >= 0.6 is 0 Å². The van der Waals surface area contributed by atoms with Crippen molar-refractivity contribution in [2.75, 3.05) is 0 Å². The van der Waals surface area contributed by atoms with E-state index in [-0.39, 0.29) is 5.60 Å². The van der Waals surface area contributed by atoms with E-state index in [0.29, 0.717) is 0 Å². The van der Waals surface area contributed by atoms with E-state index >= 15 is 0 Å². The summed E-state index contributed by atoms with van der Waals surface area (Å²) in [7, 11) is 0. The number of rotatable bonds is 4. The molecule has 0 heterocycles. The van der Waals surface area contributed by atoms with Crippen molar-refractivity contribution in [3.8, 4) is 0 Å². The second-order valence-corrected chi connectivity index (χ2v) is 9.15. The Labute approximate surface area is 135 Å². The highest BCUT2D eigenvalue weighted by molar-refractivity contribution is 5.23. The van der Waals surface area contributed by atoms with Gasteiger partial charge in [-0.3, -0.25) is 0 Å². The van der Waals surface area contributed by atoms with Gasteiger partial charge >= 0.3 is 0 Å². The lowest BCUT2D eigenvalue weighted by atomic mass is 9.54. The molecule has 5 aliphatic rings. The third-order valence-corrected chi connectivity index (χ3v) is 8.71. The zero-order valence-corrected chi connectivity index (χ0v) is 14.2. The molecule has 9 unspecified atom stereocenters. The lowest BCUT2D eigenvalue weighted by Gasteiger charge is -2.53. The zero-order valence-electron chi connectivity index (χ0n) is 14.2. The highest BCUT2D eigenvalue weighted by Crippen LogP contribution is 2.76. The standard InChI is InChI=1S/C21H30O/c1-5-21(22-12(4)11(2)3)10-13-8-18(21)20-17-9-16(19(13)20)14-6-7-15(14)17/h13-20H,2,4-10H2,1,3H3. The van der Waals surface area contributed by atoms with E-state index in [9.17, 15) is 0 Å². The second kappa shape index (κ2) is 4.22. The minimum atomic E-state index is 0.0889. The molecule has 0 aromatic heterocycles. The van der Waals surface area contributed by atoms with Crippen LogP contribution in [0.2, 0.25) is 0 Å². The Balaban J connectivity index is 1.45. The molecule has 5 saturated carbocycles. The highest BCUT2D eigenvalue weighted by Gasteiger charge is 2.72. The van der Waals surface area contributed by atoms with E-state index in [0.717, 1.165) is 65.1 Å². The first-order valence-electron chi connectivity index (χ1n) is 9.59. The maximum absolute atomic E-state index is 6.55. The first-order chi connectivity index (χ1) is 10.6. The van der Waals surface area contributed by atoms with Gasteiger partial charge in [0.1, 0.15) is 11.4 Å². The van der Waals surface area contributed by atoms with Crippen molar-refractivity contribution in [1.29, 1.82) is 0 Å². The maximum Gasteiger partial charge on any atom is 0.115 e. The van der Waals surface area contributed by atoms with Crippen LogP contribution in [0.25, 0.3) is 0 Å². The van der Waals surface area contributed by atoms with Gasteiger partial charge in [-0.15, -0.1) is 0 Å². The summed E-state index contributed by atoms with van der Waals surface area (Å²) in [5, 5.41) is 0. The lowest BCUT2D eigenvalue weighted by molar-refractivity contribution is -0.108. The van der Waals surface area contributed by atoms with Crippen LogP contribution in [-0.4, -0.2) is 5.60 Å². The van der Waals surface area contributed by atoms with Crippen molar-refractivity contribution in [3.05, 3.63) is 24.5 Å². The summed E-state index contributed by atoms with van der Waals surface area (Å²) >= 11 is 0. The van der Waals surface area contributed by atoms with E-state index in [4.69, 9.17) is 4.74 Å². The largest absolute Gasteiger partial charge is 0.487 e. The van der Waals surface area contributed by atoms with Crippen molar-refractivity contribution in [1.82, 2.24) is 0 Å². The molecular weight excluding hydrogens is 268 g/mol. The summed E-state index contributed by atoms with van der Waals surface area (Å²) < 4.78 is 6.55. The Kier molecular flexibility index (Phi) is 2.63. The summed E-state index contributed by atoms with van der Waals surface area (Å²) in [6.07, 6.45) is 8.54. The molecule has 1 heteroatoms. The molecule has 1 nitrogen and oxygen atoms in total. The van der Waals surface area contributed by atoms with Gasteiger partial charge in [-0.1, -0.05) is 20.1 Å². The molecule has 9 atom stereocenters. The molecule has 0 N–H and O–H groups in total. The maximum atomic E-state index is 6.55. The third kappa shape index (κ3) is 1.42. The minimum Gasteiger partial charge on any atom is -0.487 e. The van der Waals surface area contributed by atoms with Crippen molar-refractivity contribution >= 4 is 0 Å². The number of hydrogen-bond donors (Lipinski definition) is 0. The van der Waals surface area contributed by atoms with Crippen LogP contribution in [0.4, 0.5) is 0 Å². The molecule has 0 aromatic rings. The highest BCUT2D eigenvalue weighted by atomic mass is 16.5. The molecule has 22 heavy (non-hydrogen) atoms. The monoisotopic (exact) mass is 298 g/mol. The van der Waals surface area contributed by atoms with Gasteiger partial charge in [0.2, 0.25) is 0 Å². The number of hydrogen-bond acceptors (Lipinski definition) is 1. The van der Waals surface area contributed by atoms with Crippen LogP contribution in [0, 0.1) is 47.3 Å². The molecule has 0 amide bonds. The molecule has 120 valence electrons. The summed E-state index contributed by atoms with van der Waals surface area (Å²) in [6.45, 7) is 12.5.